The van der Waals surface area contributed by atoms with E-state index in [1.54, 1.807) is 12.0 Å². The first-order valence-electron chi connectivity index (χ1n) is 9.28. The molecule has 2 aliphatic rings. The Kier molecular flexibility index (Phi) is 4.71. The van der Waals surface area contributed by atoms with Crippen LogP contribution in [-0.2, 0) is 0 Å². The summed E-state index contributed by atoms with van der Waals surface area (Å²) in [6.45, 7) is 1.98. The summed E-state index contributed by atoms with van der Waals surface area (Å²) in [6, 6.07) is 15.2. The largest absolute Gasteiger partial charge is 0.497 e. The number of rotatable bonds is 4. The summed E-state index contributed by atoms with van der Waals surface area (Å²) < 4.78 is 5.33. The highest BCUT2D eigenvalue weighted by atomic mass is 16.5. The van der Waals surface area contributed by atoms with E-state index in [2.05, 4.69) is 5.32 Å². The monoisotopic (exact) mass is 365 g/mol. The molecule has 140 valence electrons. The third kappa shape index (κ3) is 3.35. The van der Waals surface area contributed by atoms with E-state index in [0.717, 1.165) is 36.4 Å². The zero-order chi connectivity index (χ0) is 18.8. The maximum atomic E-state index is 13.2. The van der Waals surface area contributed by atoms with Crippen LogP contribution in [0.5, 0.6) is 5.75 Å². The molecular weight excluding hydrogens is 342 g/mol. The molecule has 6 nitrogen and oxygen atoms in total. The molecule has 2 aromatic carbocycles. The fraction of sp³-hybridized carbons (Fsp3) is 0.333. The van der Waals surface area contributed by atoms with Crippen LogP contribution in [0.4, 0.5) is 10.5 Å². The number of hydrogen-bond donors (Lipinski definition) is 1. The van der Waals surface area contributed by atoms with Gasteiger partial charge in [-0.2, -0.15) is 0 Å². The van der Waals surface area contributed by atoms with Gasteiger partial charge in [0, 0.05) is 30.9 Å². The Morgan fingerprint density at radius 2 is 2.00 bits per heavy atom. The Bertz CT molecular complexity index is 867. The Balaban J connectivity index is 1.59. The SMILES string of the molecule is COc1cccc([C@@H]2CCCN2C(=O)c2cccc(N3CCNC3=O)c2)c1. The lowest BCUT2D eigenvalue weighted by Gasteiger charge is -2.26. The number of amides is 3. The van der Waals surface area contributed by atoms with Crippen molar-refractivity contribution < 1.29 is 14.3 Å². The number of anilines is 1. The van der Waals surface area contributed by atoms with Crippen molar-refractivity contribution in [3.8, 4) is 5.75 Å². The van der Waals surface area contributed by atoms with Gasteiger partial charge in [-0.25, -0.2) is 4.79 Å². The van der Waals surface area contributed by atoms with Gasteiger partial charge in [0.15, 0.2) is 0 Å². The molecule has 0 unspecified atom stereocenters. The van der Waals surface area contributed by atoms with Gasteiger partial charge < -0.3 is 15.0 Å². The summed E-state index contributed by atoms with van der Waals surface area (Å²) in [6.07, 6.45) is 1.91. The normalized spacial score (nSPS) is 19.3. The molecule has 0 bridgehead atoms. The third-order valence-corrected chi connectivity index (χ3v) is 5.25. The van der Waals surface area contributed by atoms with Crippen LogP contribution in [-0.4, -0.2) is 43.6 Å². The third-order valence-electron chi connectivity index (χ3n) is 5.25. The molecule has 6 heteroatoms. The molecule has 2 heterocycles. The number of nitrogens with zero attached hydrogens (tertiary/aromatic N) is 2. The summed E-state index contributed by atoms with van der Waals surface area (Å²) >= 11 is 0. The Morgan fingerprint density at radius 3 is 2.78 bits per heavy atom. The predicted octanol–water partition coefficient (Wildman–Crippen LogP) is 3.20. The van der Waals surface area contributed by atoms with Crippen molar-refractivity contribution in [3.63, 3.8) is 0 Å². The molecule has 27 heavy (non-hydrogen) atoms. The van der Waals surface area contributed by atoms with E-state index in [4.69, 9.17) is 4.74 Å². The van der Waals surface area contributed by atoms with Gasteiger partial charge in [0.05, 0.1) is 13.2 Å². The summed E-state index contributed by atoms with van der Waals surface area (Å²) in [7, 11) is 1.65. The van der Waals surface area contributed by atoms with Crippen molar-refractivity contribution in [3.05, 3.63) is 59.7 Å². The lowest BCUT2D eigenvalue weighted by molar-refractivity contribution is 0.0735. The molecule has 1 atom stereocenters. The maximum absolute atomic E-state index is 13.2. The second-order valence-electron chi connectivity index (χ2n) is 6.87. The summed E-state index contributed by atoms with van der Waals surface area (Å²) in [5.74, 6) is 0.801. The van der Waals surface area contributed by atoms with E-state index in [9.17, 15) is 9.59 Å². The quantitative estimate of drug-likeness (QED) is 0.905. The Labute approximate surface area is 158 Å². The number of methoxy groups -OCH3 is 1. The summed E-state index contributed by atoms with van der Waals surface area (Å²) in [4.78, 5) is 28.7. The molecular formula is C21H23N3O3. The lowest BCUT2D eigenvalue weighted by atomic mass is 10.0. The van der Waals surface area contributed by atoms with Crippen LogP contribution in [0.1, 0.15) is 34.8 Å². The Hall–Kier alpha value is -3.02. The molecule has 4 rings (SSSR count). The van der Waals surface area contributed by atoms with Crippen LogP contribution in [0.15, 0.2) is 48.5 Å². The van der Waals surface area contributed by atoms with Gasteiger partial charge in [0.25, 0.3) is 5.91 Å². The first-order chi connectivity index (χ1) is 13.2. The minimum atomic E-state index is -0.116. The van der Waals surface area contributed by atoms with E-state index in [1.165, 1.54) is 0 Å². The molecule has 0 radical (unpaired) electrons. The van der Waals surface area contributed by atoms with E-state index in [-0.39, 0.29) is 18.0 Å². The van der Waals surface area contributed by atoms with Gasteiger partial charge >= 0.3 is 6.03 Å². The lowest BCUT2D eigenvalue weighted by Crippen LogP contribution is -2.31. The predicted molar refractivity (Wildman–Crippen MR) is 103 cm³/mol. The average molecular weight is 365 g/mol. The molecule has 0 aromatic heterocycles. The van der Waals surface area contributed by atoms with Gasteiger partial charge in [0.1, 0.15) is 5.75 Å². The van der Waals surface area contributed by atoms with Gasteiger partial charge in [0.2, 0.25) is 0 Å². The minimum Gasteiger partial charge on any atom is -0.497 e. The smallest absolute Gasteiger partial charge is 0.321 e. The second-order valence-corrected chi connectivity index (χ2v) is 6.87. The molecule has 2 saturated heterocycles. The van der Waals surface area contributed by atoms with E-state index >= 15 is 0 Å². The zero-order valence-electron chi connectivity index (χ0n) is 15.4. The zero-order valence-corrected chi connectivity index (χ0v) is 15.4. The van der Waals surface area contributed by atoms with Crippen LogP contribution in [0.2, 0.25) is 0 Å². The van der Waals surface area contributed by atoms with Gasteiger partial charge in [-0.05, 0) is 48.7 Å². The maximum Gasteiger partial charge on any atom is 0.321 e. The fourth-order valence-corrected chi connectivity index (χ4v) is 3.90. The molecule has 2 fully saturated rings. The van der Waals surface area contributed by atoms with Gasteiger partial charge in [-0.3, -0.25) is 9.69 Å². The highest BCUT2D eigenvalue weighted by Gasteiger charge is 2.31. The number of ether oxygens (including phenoxy) is 1. The van der Waals surface area contributed by atoms with Crippen molar-refractivity contribution in [2.75, 3.05) is 31.6 Å². The molecule has 0 spiro atoms. The number of benzene rings is 2. The number of hydrogen-bond acceptors (Lipinski definition) is 3. The highest BCUT2D eigenvalue weighted by molar-refractivity contribution is 5.98. The molecule has 0 aliphatic carbocycles. The van der Waals surface area contributed by atoms with E-state index in [0.29, 0.717) is 18.7 Å². The van der Waals surface area contributed by atoms with Crippen molar-refractivity contribution in [1.29, 1.82) is 0 Å². The van der Waals surface area contributed by atoms with Crippen LogP contribution in [0.25, 0.3) is 0 Å². The van der Waals surface area contributed by atoms with Crippen molar-refractivity contribution >= 4 is 17.6 Å². The molecule has 3 amide bonds. The van der Waals surface area contributed by atoms with Crippen molar-refractivity contribution in [1.82, 2.24) is 10.2 Å². The first-order valence-corrected chi connectivity index (χ1v) is 9.28. The molecule has 0 saturated carbocycles. The molecule has 1 N–H and O–H groups in total. The van der Waals surface area contributed by atoms with Crippen molar-refractivity contribution in [2.24, 2.45) is 0 Å². The topological polar surface area (TPSA) is 61.9 Å². The second kappa shape index (κ2) is 7.31. The number of urea groups is 1. The average Bonchev–Trinajstić information content (AvgIpc) is 3.36. The summed E-state index contributed by atoms with van der Waals surface area (Å²) in [5.41, 5.74) is 2.46. The summed E-state index contributed by atoms with van der Waals surface area (Å²) in [5, 5.41) is 2.79. The fourth-order valence-electron chi connectivity index (χ4n) is 3.90. The standard InChI is InChI=1S/C21H23N3O3/c1-27-18-8-3-5-15(14-18)19-9-4-11-24(19)20(25)16-6-2-7-17(13-16)23-12-10-22-21(23)26/h2-3,5-8,13-14,19H,4,9-12H2,1H3,(H,22,26)/t19-/m0/s1. The van der Waals surface area contributed by atoms with Crippen LogP contribution in [0.3, 0.4) is 0 Å². The van der Waals surface area contributed by atoms with Gasteiger partial charge in [-0.1, -0.05) is 18.2 Å². The molecule has 2 aliphatic heterocycles. The van der Waals surface area contributed by atoms with Crippen LogP contribution in [0, 0.1) is 0 Å². The minimum absolute atomic E-state index is 0.00164. The van der Waals surface area contributed by atoms with Crippen LogP contribution >= 0.6 is 0 Å². The molecule has 2 aromatic rings. The van der Waals surface area contributed by atoms with Gasteiger partial charge in [-0.15, -0.1) is 0 Å². The highest BCUT2D eigenvalue weighted by Crippen LogP contribution is 2.35. The van der Waals surface area contributed by atoms with E-state index in [1.807, 2.05) is 53.4 Å². The first kappa shape index (κ1) is 17.4. The van der Waals surface area contributed by atoms with Crippen LogP contribution < -0.4 is 15.0 Å². The number of carbonyl (C=O) groups is 2. The Morgan fingerprint density at radius 1 is 1.15 bits per heavy atom. The number of likely N-dealkylation sites (tertiary alicyclic amines) is 1. The number of nitrogens with one attached hydrogen (secondary N) is 1. The van der Waals surface area contributed by atoms with Crippen molar-refractivity contribution in [2.45, 2.75) is 18.9 Å². The number of carbonyl (C=O) groups excluding carboxylic acids is 2. The van der Waals surface area contributed by atoms with E-state index < -0.39 is 0 Å².